The van der Waals surface area contributed by atoms with E-state index in [0.717, 1.165) is 23.4 Å². The predicted molar refractivity (Wildman–Crippen MR) is 95.7 cm³/mol. The number of hydrogen-bond donors (Lipinski definition) is 2. The zero-order valence-electron chi connectivity index (χ0n) is 14.5. The van der Waals surface area contributed by atoms with Crippen LogP contribution in [-0.4, -0.2) is 45.8 Å². The van der Waals surface area contributed by atoms with Gasteiger partial charge in [-0.15, -0.1) is 0 Å². The molecule has 1 fully saturated rings. The summed E-state index contributed by atoms with van der Waals surface area (Å²) in [4.78, 5) is 25.7. The van der Waals surface area contributed by atoms with Crippen molar-refractivity contribution in [2.24, 2.45) is 0 Å². The number of rotatable bonds is 4. The highest BCUT2D eigenvalue weighted by Crippen LogP contribution is 2.19. The normalized spacial score (nSPS) is 16.7. The number of carbonyl (C=O) groups is 2. The number of nitrogens with zero attached hydrogens (tertiary/aromatic N) is 3. The van der Waals surface area contributed by atoms with Crippen LogP contribution in [0.15, 0.2) is 36.7 Å². The number of aryl methyl sites for hydroxylation is 1. The molecule has 3 rings (SSSR count). The van der Waals surface area contributed by atoms with Crippen molar-refractivity contribution in [3.63, 3.8) is 0 Å². The van der Waals surface area contributed by atoms with Crippen molar-refractivity contribution in [3.8, 4) is 5.69 Å². The lowest BCUT2D eigenvalue weighted by Crippen LogP contribution is -2.40. The van der Waals surface area contributed by atoms with E-state index in [0.29, 0.717) is 19.5 Å². The van der Waals surface area contributed by atoms with Crippen molar-refractivity contribution < 1.29 is 9.59 Å². The van der Waals surface area contributed by atoms with Gasteiger partial charge in [0.05, 0.1) is 5.69 Å². The molecule has 0 radical (unpaired) electrons. The highest BCUT2D eigenvalue weighted by Gasteiger charge is 2.26. The van der Waals surface area contributed by atoms with Crippen LogP contribution in [0.3, 0.4) is 0 Å². The molecule has 132 valence electrons. The largest absolute Gasteiger partial charge is 0.341 e. The summed E-state index contributed by atoms with van der Waals surface area (Å²) in [5.74, 6) is 0.134. The first kappa shape index (κ1) is 17.0. The molecule has 0 bridgehead atoms. The third-order valence-corrected chi connectivity index (χ3v) is 4.41. The molecule has 2 aromatic rings. The number of carbonyl (C=O) groups excluding carboxylic acids is 2. The molecule has 2 N–H and O–H groups in total. The molecule has 0 aliphatic carbocycles. The Labute approximate surface area is 147 Å². The topological polar surface area (TPSA) is 79.3 Å². The van der Waals surface area contributed by atoms with Crippen LogP contribution in [-0.2, 0) is 4.79 Å². The smallest absolute Gasteiger partial charge is 0.319 e. The third kappa shape index (κ3) is 3.99. The molecule has 1 aliphatic rings. The van der Waals surface area contributed by atoms with E-state index >= 15 is 0 Å². The quantitative estimate of drug-likeness (QED) is 0.896. The van der Waals surface area contributed by atoms with Crippen molar-refractivity contribution in [3.05, 3.63) is 42.2 Å². The maximum Gasteiger partial charge on any atom is 0.319 e. The van der Waals surface area contributed by atoms with Gasteiger partial charge in [0.2, 0.25) is 5.91 Å². The molecular formula is C18H23N5O2. The maximum atomic E-state index is 12.2. The summed E-state index contributed by atoms with van der Waals surface area (Å²) < 4.78 is 1.77. The van der Waals surface area contributed by atoms with Crippen LogP contribution in [0.5, 0.6) is 0 Å². The van der Waals surface area contributed by atoms with Gasteiger partial charge in [0.15, 0.2) is 0 Å². The molecule has 2 heterocycles. The van der Waals surface area contributed by atoms with E-state index in [4.69, 9.17) is 0 Å². The van der Waals surface area contributed by atoms with Gasteiger partial charge in [0.25, 0.3) is 0 Å². The van der Waals surface area contributed by atoms with Crippen molar-refractivity contribution in [1.29, 1.82) is 0 Å². The van der Waals surface area contributed by atoms with Crippen LogP contribution >= 0.6 is 0 Å². The third-order valence-electron chi connectivity index (χ3n) is 4.41. The van der Waals surface area contributed by atoms with E-state index in [-0.39, 0.29) is 18.0 Å². The van der Waals surface area contributed by atoms with Crippen molar-refractivity contribution >= 4 is 17.6 Å². The number of benzene rings is 1. The van der Waals surface area contributed by atoms with E-state index in [1.807, 2.05) is 44.3 Å². The summed E-state index contributed by atoms with van der Waals surface area (Å²) in [5.41, 5.74) is 2.66. The lowest BCUT2D eigenvalue weighted by Gasteiger charge is -2.17. The molecule has 1 aromatic heterocycles. The minimum atomic E-state index is -0.245. The average molecular weight is 341 g/mol. The Morgan fingerprint density at radius 2 is 2.20 bits per heavy atom. The molecule has 3 amide bonds. The van der Waals surface area contributed by atoms with Gasteiger partial charge in [-0.05, 0) is 43.2 Å². The van der Waals surface area contributed by atoms with Crippen LogP contribution in [0.2, 0.25) is 0 Å². The first-order valence-corrected chi connectivity index (χ1v) is 8.52. The Morgan fingerprint density at radius 3 is 2.88 bits per heavy atom. The Kier molecular flexibility index (Phi) is 5.02. The second-order valence-electron chi connectivity index (χ2n) is 6.23. The minimum Gasteiger partial charge on any atom is -0.341 e. The number of amides is 3. The van der Waals surface area contributed by atoms with Crippen molar-refractivity contribution in [1.82, 2.24) is 20.0 Å². The second-order valence-corrected chi connectivity index (χ2v) is 6.23. The standard InChI is InChI=1S/C18H23N5O2/c1-3-17(24)22-10-7-14(12-22)20-18(25)21-16-6-5-15(11-13(16)2)23-9-4-8-19-23/h4-6,8-9,11,14H,3,7,10,12H2,1-2H3,(H2,20,21,25)/t14-/m0/s1. The molecule has 1 atom stereocenters. The fourth-order valence-electron chi connectivity index (χ4n) is 3.02. The summed E-state index contributed by atoms with van der Waals surface area (Å²) in [6.45, 7) is 5.08. The van der Waals surface area contributed by atoms with Crippen LogP contribution in [0.25, 0.3) is 5.69 Å². The van der Waals surface area contributed by atoms with Gasteiger partial charge in [0.1, 0.15) is 0 Å². The highest BCUT2D eigenvalue weighted by molar-refractivity contribution is 5.90. The lowest BCUT2D eigenvalue weighted by atomic mass is 10.2. The van der Waals surface area contributed by atoms with Crippen LogP contribution in [0.4, 0.5) is 10.5 Å². The van der Waals surface area contributed by atoms with Gasteiger partial charge >= 0.3 is 6.03 Å². The highest BCUT2D eigenvalue weighted by atomic mass is 16.2. The fourth-order valence-corrected chi connectivity index (χ4v) is 3.02. The van der Waals surface area contributed by atoms with Gasteiger partial charge in [-0.25, -0.2) is 9.48 Å². The van der Waals surface area contributed by atoms with Gasteiger partial charge < -0.3 is 15.5 Å². The molecule has 1 aliphatic heterocycles. The van der Waals surface area contributed by atoms with Crippen molar-refractivity contribution in [2.75, 3.05) is 18.4 Å². The number of likely N-dealkylation sites (tertiary alicyclic amines) is 1. The Balaban J connectivity index is 1.57. The van der Waals surface area contributed by atoms with Gasteiger partial charge in [-0.2, -0.15) is 5.10 Å². The first-order chi connectivity index (χ1) is 12.1. The number of urea groups is 1. The van der Waals surface area contributed by atoms with Gasteiger partial charge in [-0.3, -0.25) is 4.79 Å². The lowest BCUT2D eigenvalue weighted by molar-refractivity contribution is -0.129. The van der Waals surface area contributed by atoms with Gasteiger partial charge in [0, 0.05) is 43.6 Å². The molecule has 0 spiro atoms. The van der Waals surface area contributed by atoms with Crippen LogP contribution < -0.4 is 10.6 Å². The summed E-state index contributed by atoms with van der Waals surface area (Å²) in [5, 5.41) is 10.0. The van der Waals surface area contributed by atoms with E-state index in [2.05, 4.69) is 15.7 Å². The molecule has 1 aromatic carbocycles. The van der Waals surface area contributed by atoms with E-state index < -0.39 is 0 Å². The molecule has 0 saturated carbocycles. The number of hydrogen-bond acceptors (Lipinski definition) is 3. The Morgan fingerprint density at radius 1 is 1.36 bits per heavy atom. The monoisotopic (exact) mass is 341 g/mol. The number of anilines is 1. The zero-order chi connectivity index (χ0) is 17.8. The van der Waals surface area contributed by atoms with Crippen LogP contribution in [0, 0.1) is 6.92 Å². The second kappa shape index (κ2) is 7.38. The average Bonchev–Trinajstić information content (AvgIpc) is 3.27. The first-order valence-electron chi connectivity index (χ1n) is 8.52. The van der Waals surface area contributed by atoms with E-state index in [1.165, 1.54) is 0 Å². The molecule has 25 heavy (non-hydrogen) atoms. The van der Waals surface area contributed by atoms with Crippen molar-refractivity contribution in [2.45, 2.75) is 32.7 Å². The van der Waals surface area contributed by atoms with Crippen LogP contribution in [0.1, 0.15) is 25.3 Å². The Bertz CT molecular complexity index is 757. The fraction of sp³-hybridized carbons (Fsp3) is 0.389. The SMILES string of the molecule is CCC(=O)N1CC[C@H](NC(=O)Nc2ccc(-n3cccn3)cc2C)C1. The summed E-state index contributed by atoms with van der Waals surface area (Å²) in [6.07, 6.45) is 4.89. The van der Waals surface area contributed by atoms with E-state index in [1.54, 1.807) is 15.8 Å². The van der Waals surface area contributed by atoms with E-state index in [9.17, 15) is 9.59 Å². The molecular weight excluding hydrogens is 318 g/mol. The molecule has 7 heteroatoms. The summed E-state index contributed by atoms with van der Waals surface area (Å²) in [6, 6.07) is 7.37. The summed E-state index contributed by atoms with van der Waals surface area (Å²) >= 11 is 0. The molecule has 0 unspecified atom stereocenters. The molecule has 1 saturated heterocycles. The van der Waals surface area contributed by atoms with Gasteiger partial charge in [-0.1, -0.05) is 6.92 Å². The molecule has 7 nitrogen and oxygen atoms in total. The number of aromatic nitrogens is 2. The maximum absolute atomic E-state index is 12.2. The predicted octanol–water partition coefficient (Wildman–Crippen LogP) is 2.31. The minimum absolute atomic E-state index is 0.000784. The zero-order valence-corrected chi connectivity index (χ0v) is 14.5. The number of nitrogens with one attached hydrogen (secondary N) is 2. The summed E-state index contributed by atoms with van der Waals surface area (Å²) in [7, 11) is 0. The Hall–Kier alpha value is -2.83.